The van der Waals surface area contributed by atoms with Gasteiger partial charge in [-0.2, -0.15) is 5.10 Å². The summed E-state index contributed by atoms with van der Waals surface area (Å²) in [6.45, 7) is 4.10. The van der Waals surface area contributed by atoms with E-state index in [0.717, 1.165) is 45.1 Å². The van der Waals surface area contributed by atoms with E-state index in [-0.39, 0.29) is 11.8 Å². The van der Waals surface area contributed by atoms with Gasteiger partial charge in [-0.25, -0.2) is 0 Å². The van der Waals surface area contributed by atoms with Gasteiger partial charge >= 0.3 is 0 Å². The molecule has 0 unspecified atom stereocenters. The molecule has 1 N–H and O–H groups in total. The van der Waals surface area contributed by atoms with Crippen molar-refractivity contribution in [2.75, 3.05) is 33.2 Å². The summed E-state index contributed by atoms with van der Waals surface area (Å²) in [5.74, 6) is 0.943. The van der Waals surface area contributed by atoms with Crippen LogP contribution in [0.4, 0.5) is 0 Å². The number of carbonyl (C=O) groups is 1. The third-order valence-corrected chi connectivity index (χ3v) is 6.67. The minimum Gasteiger partial charge on any atom is -0.356 e. The van der Waals surface area contributed by atoms with E-state index < -0.39 is 0 Å². The van der Waals surface area contributed by atoms with Gasteiger partial charge in [-0.05, 0) is 77.2 Å². The standard InChI is InChI=1S/C20H33N5O/c1-23-11-3-4-16(19(23)18-7-10-22-24(18)2)14-21-20(26)15-8-12-25(13-9-15)17-5-6-17/h7,10,15-17,19H,3-6,8-9,11-14H2,1-2H3,(H,21,26)/t16-,19+/m0/s1. The second-order valence-corrected chi connectivity index (χ2v) is 8.49. The van der Waals surface area contributed by atoms with Crippen LogP contribution in [0.15, 0.2) is 12.3 Å². The molecule has 1 aromatic heterocycles. The number of aryl methyl sites for hydroxylation is 1. The van der Waals surface area contributed by atoms with Crippen molar-refractivity contribution in [3.63, 3.8) is 0 Å². The molecule has 3 heterocycles. The Morgan fingerprint density at radius 3 is 2.58 bits per heavy atom. The fraction of sp³-hybridized carbons (Fsp3) is 0.800. The van der Waals surface area contributed by atoms with Gasteiger partial charge in [0.15, 0.2) is 0 Å². The maximum atomic E-state index is 12.7. The molecular formula is C20H33N5O. The first kappa shape index (κ1) is 18.0. The lowest BCUT2D eigenvalue weighted by Gasteiger charge is -2.39. The van der Waals surface area contributed by atoms with Crippen LogP contribution in [0.3, 0.4) is 0 Å². The zero-order chi connectivity index (χ0) is 18.1. The maximum Gasteiger partial charge on any atom is 0.223 e. The first-order valence-electron chi connectivity index (χ1n) is 10.3. The Labute approximate surface area is 156 Å². The van der Waals surface area contributed by atoms with Crippen LogP contribution in [0.1, 0.15) is 50.3 Å². The normalized spacial score (nSPS) is 29.0. The number of nitrogens with one attached hydrogen (secondary N) is 1. The number of piperidine rings is 2. The predicted octanol–water partition coefficient (Wildman–Crippen LogP) is 1.79. The molecule has 144 valence electrons. The number of carbonyl (C=O) groups excluding carboxylic acids is 1. The van der Waals surface area contributed by atoms with Gasteiger partial charge in [-0.3, -0.25) is 14.4 Å². The second kappa shape index (κ2) is 7.69. The molecule has 1 aromatic rings. The van der Waals surface area contributed by atoms with Crippen molar-refractivity contribution in [1.82, 2.24) is 24.9 Å². The summed E-state index contributed by atoms with van der Waals surface area (Å²) in [4.78, 5) is 17.7. The summed E-state index contributed by atoms with van der Waals surface area (Å²) >= 11 is 0. The van der Waals surface area contributed by atoms with E-state index in [2.05, 4.69) is 33.3 Å². The predicted molar refractivity (Wildman–Crippen MR) is 102 cm³/mol. The number of hydrogen-bond acceptors (Lipinski definition) is 4. The first-order valence-corrected chi connectivity index (χ1v) is 10.3. The Morgan fingerprint density at radius 2 is 1.92 bits per heavy atom. The van der Waals surface area contributed by atoms with E-state index >= 15 is 0 Å². The Bertz CT molecular complexity index is 617. The summed E-state index contributed by atoms with van der Waals surface area (Å²) < 4.78 is 1.98. The molecule has 6 heteroatoms. The molecule has 4 rings (SSSR count). The quantitative estimate of drug-likeness (QED) is 0.871. The Balaban J connectivity index is 1.32. The lowest BCUT2D eigenvalue weighted by molar-refractivity contribution is -0.126. The molecule has 1 aliphatic carbocycles. The summed E-state index contributed by atoms with van der Waals surface area (Å²) in [7, 11) is 4.21. The van der Waals surface area contributed by atoms with Crippen molar-refractivity contribution in [3.05, 3.63) is 18.0 Å². The summed E-state index contributed by atoms with van der Waals surface area (Å²) in [5, 5.41) is 7.65. The van der Waals surface area contributed by atoms with Gasteiger partial charge in [-0.15, -0.1) is 0 Å². The van der Waals surface area contributed by atoms with Crippen molar-refractivity contribution in [1.29, 1.82) is 0 Å². The summed E-state index contributed by atoms with van der Waals surface area (Å²) in [6, 6.07) is 3.29. The zero-order valence-corrected chi connectivity index (χ0v) is 16.2. The van der Waals surface area contributed by atoms with E-state index in [9.17, 15) is 4.79 Å². The van der Waals surface area contributed by atoms with Crippen LogP contribution in [0.2, 0.25) is 0 Å². The third-order valence-electron chi connectivity index (χ3n) is 6.67. The van der Waals surface area contributed by atoms with E-state index in [4.69, 9.17) is 0 Å². The molecule has 0 spiro atoms. The van der Waals surface area contributed by atoms with Crippen molar-refractivity contribution < 1.29 is 4.79 Å². The Morgan fingerprint density at radius 1 is 1.15 bits per heavy atom. The van der Waals surface area contributed by atoms with Gasteiger partial charge in [0.05, 0.1) is 11.7 Å². The molecule has 0 aromatic carbocycles. The van der Waals surface area contributed by atoms with Crippen LogP contribution < -0.4 is 5.32 Å². The van der Waals surface area contributed by atoms with Gasteiger partial charge in [0, 0.05) is 31.7 Å². The molecule has 2 aliphatic heterocycles. The van der Waals surface area contributed by atoms with Crippen LogP contribution in [-0.2, 0) is 11.8 Å². The molecule has 1 amide bonds. The van der Waals surface area contributed by atoms with Gasteiger partial charge < -0.3 is 10.2 Å². The highest BCUT2D eigenvalue weighted by Gasteiger charge is 2.35. The average Bonchev–Trinajstić information content (AvgIpc) is 3.42. The van der Waals surface area contributed by atoms with Crippen LogP contribution in [0.25, 0.3) is 0 Å². The van der Waals surface area contributed by atoms with Crippen molar-refractivity contribution in [3.8, 4) is 0 Å². The summed E-state index contributed by atoms with van der Waals surface area (Å²) in [5.41, 5.74) is 1.25. The second-order valence-electron chi connectivity index (χ2n) is 8.49. The fourth-order valence-electron chi connectivity index (χ4n) is 4.96. The monoisotopic (exact) mass is 359 g/mol. The Kier molecular flexibility index (Phi) is 5.32. The van der Waals surface area contributed by atoms with Gasteiger partial charge in [0.25, 0.3) is 0 Å². The average molecular weight is 360 g/mol. The lowest BCUT2D eigenvalue weighted by Crippen LogP contribution is -2.45. The molecular weight excluding hydrogens is 326 g/mol. The van der Waals surface area contributed by atoms with Crippen LogP contribution in [-0.4, -0.2) is 64.8 Å². The smallest absolute Gasteiger partial charge is 0.223 e. The molecule has 2 saturated heterocycles. The highest BCUT2D eigenvalue weighted by atomic mass is 16.1. The fourth-order valence-corrected chi connectivity index (χ4v) is 4.96. The summed E-state index contributed by atoms with van der Waals surface area (Å²) in [6.07, 6.45) is 9.02. The minimum atomic E-state index is 0.210. The van der Waals surface area contributed by atoms with Crippen molar-refractivity contribution in [2.45, 2.75) is 50.6 Å². The van der Waals surface area contributed by atoms with Gasteiger partial charge in [-0.1, -0.05) is 0 Å². The van der Waals surface area contributed by atoms with E-state index in [1.165, 1.54) is 31.4 Å². The molecule has 1 saturated carbocycles. The lowest BCUT2D eigenvalue weighted by atomic mass is 9.87. The topological polar surface area (TPSA) is 53.4 Å². The van der Waals surface area contributed by atoms with Crippen LogP contribution in [0, 0.1) is 11.8 Å². The number of hydrogen-bond donors (Lipinski definition) is 1. The van der Waals surface area contributed by atoms with E-state index in [0.29, 0.717) is 12.0 Å². The number of amides is 1. The largest absolute Gasteiger partial charge is 0.356 e. The Hall–Kier alpha value is -1.40. The number of likely N-dealkylation sites (tertiary alicyclic amines) is 2. The molecule has 3 aliphatic rings. The molecule has 2 atom stereocenters. The zero-order valence-electron chi connectivity index (χ0n) is 16.2. The first-order chi connectivity index (χ1) is 12.6. The van der Waals surface area contributed by atoms with Gasteiger partial charge in [0.2, 0.25) is 5.91 Å². The maximum absolute atomic E-state index is 12.7. The van der Waals surface area contributed by atoms with E-state index in [1.807, 2.05) is 17.9 Å². The van der Waals surface area contributed by atoms with Crippen LogP contribution in [0.5, 0.6) is 0 Å². The minimum absolute atomic E-state index is 0.210. The molecule has 0 bridgehead atoms. The SMILES string of the molecule is CN1CCC[C@@H](CNC(=O)C2CCN(C3CC3)CC2)[C@@H]1c1ccnn1C. The molecule has 0 radical (unpaired) electrons. The van der Waals surface area contributed by atoms with Crippen LogP contribution >= 0.6 is 0 Å². The third kappa shape index (κ3) is 3.81. The van der Waals surface area contributed by atoms with Gasteiger partial charge in [0.1, 0.15) is 0 Å². The molecule has 3 fully saturated rings. The number of nitrogens with zero attached hydrogens (tertiary/aromatic N) is 4. The van der Waals surface area contributed by atoms with Crippen molar-refractivity contribution >= 4 is 5.91 Å². The molecule has 6 nitrogen and oxygen atoms in total. The molecule has 26 heavy (non-hydrogen) atoms. The van der Waals surface area contributed by atoms with Crippen molar-refractivity contribution in [2.24, 2.45) is 18.9 Å². The highest BCUT2D eigenvalue weighted by Crippen LogP contribution is 2.34. The number of aromatic nitrogens is 2. The highest BCUT2D eigenvalue weighted by molar-refractivity contribution is 5.78. The number of rotatable bonds is 5. The van der Waals surface area contributed by atoms with E-state index in [1.54, 1.807) is 0 Å².